The molecule has 0 amide bonds. The molecule has 0 spiro atoms. The predicted octanol–water partition coefficient (Wildman–Crippen LogP) is 2.01. The minimum atomic E-state index is -3.09. The first-order chi connectivity index (χ1) is 10.4. The van der Waals surface area contributed by atoms with Gasteiger partial charge in [0.05, 0.1) is 11.9 Å². The second kappa shape index (κ2) is 6.19. The fourth-order valence-electron chi connectivity index (χ4n) is 3.74. The van der Waals surface area contributed by atoms with Crippen LogP contribution in [0.3, 0.4) is 0 Å². The van der Waals surface area contributed by atoms with Crippen molar-refractivity contribution in [3.05, 3.63) is 28.0 Å². The Labute approximate surface area is 140 Å². The van der Waals surface area contributed by atoms with Gasteiger partial charge in [-0.3, -0.25) is 9.88 Å². The van der Waals surface area contributed by atoms with Crippen molar-refractivity contribution in [1.82, 2.24) is 14.2 Å². The minimum Gasteiger partial charge on any atom is -0.294 e. The lowest BCUT2D eigenvalue weighted by molar-refractivity contribution is 0.123. The molecule has 2 aliphatic rings. The number of likely N-dealkylation sites (tertiary alicyclic amines) is 1. The highest BCUT2D eigenvalue weighted by Crippen LogP contribution is 2.32. The lowest BCUT2D eigenvalue weighted by atomic mass is 10.1. The van der Waals surface area contributed by atoms with Crippen LogP contribution in [-0.2, 0) is 23.0 Å². The topological polar surface area (TPSA) is 53.5 Å². The van der Waals surface area contributed by atoms with E-state index in [4.69, 9.17) is 0 Å². The van der Waals surface area contributed by atoms with E-state index < -0.39 is 10.0 Å². The van der Waals surface area contributed by atoms with E-state index in [1.165, 1.54) is 11.8 Å². The highest BCUT2D eigenvalue weighted by molar-refractivity contribution is 9.10. The molecule has 2 aliphatic heterocycles. The van der Waals surface area contributed by atoms with E-state index in [-0.39, 0.29) is 12.1 Å². The maximum Gasteiger partial charge on any atom is 0.211 e. The molecule has 0 N–H and O–H groups in total. The highest BCUT2D eigenvalue weighted by Gasteiger charge is 2.44. The van der Waals surface area contributed by atoms with Gasteiger partial charge in [0.2, 0.25) is 10.0 Å². The monoisotopic (exact) mass is 387 g/mol. The fourth-order valence-corrected chi connectivity index (χ4v) is 5.66. The lowest BCUT2D eigenvalue weighted by Gasteiger charge is -2.39. The number of fused-ring (bicyclic) bond motifs is 2. The molecule has 0 radical (unpaired) electrons. The van der Waals surface area contributed by atoms with Gasteiger partial charge in [0.25, 0.3) is 0 Å². The first-order valence-corrected chi connectivity index (χ1v) is 10.4. The van der Waals surface area contributed by atoms with Crippen molar-refractivity contribution in [2.75, 3.05) is 19.3 Å². The zero-order valence-electron chi connectivity index (χ0n) is 13.0. The van der Waals surface area contributed by atoms with Crippen LogP contribution < -0.4 is 0 Å². The third-order valence-corrected chi connectivity index (χ3v) is 6.71. The van der Waals surface area contributed by atoms with Crippen LogP contribution in [0.25, 0.3) is 0 Å². The second-order valence-electron chi connectivity index (χ2n) is 6.29. The Bertz CT molecular complexity index is 651. The van der Waals surface area contributed by atoms with Gasteiger partial charge in [-0.15, -0.1) is 0 Å². The van der Waals surface area contributed by atoms with Gasteiger partial charge >= 0.3 is 0 Å². The summed E-state index contributed by atoms with van der Waals surface area (Å²) in [5.74, 6) is 0. The average molecular weight is 388 g/mol. The summed E-state index contributed by atoms with van der Waals surface area (Å²) in [6.07, 6.45) is 6.13. The van der Waals surface area contributed by atoms with E-state index in [1.54, 1.807) is 4.31 Å². The Morgan fingerprint density at radius 2 is 1.95 bits per heavy atom. The number of sulfonamides is 1. The first kappa shape index (κ1) is 16.4. The Balaban J connectivity index is 1.72. The van der Waals surface area contributed by atoms with Crippen LogP contribution in [0.4, 0.5) is 0 Å². The summed E-state index contributed by atoms with van der Waals surface area (Å²) in [5.41, 5.74) is 2.33. The van der Waals surface area contributed by atoms with E-state index in [1.807, 2.05) is 6.20 Å². The van der Waals surface area contributed by atoms with Crippen LogP contribution in [0.15, 0.2) is 16.7 Å². The molecule has 22 heavy (non-hydrogen) atoms. The van der Waals surface area contributed by atoms with Gasteiger partial charge in [-0.25, -0.2) is 8.42 Å². The molecule has 2 saturated heterocycles. The smallest absolute Gasteiger partial charge is 0.211 e. The summed E-state index contributed by atoms with van der Waals surface area (Å²) in [6, 6.07) is 2.42. The number of aromatic nitrogens is 1. The largest absolute Gasteiger partial charge is 0.294 e. The third-order valence-electron chi connectivity index (χ3n) is 4.63. The number of aryl methyl sites for hydroxylation is 1. The molecule has 1 aromatic heterocycles. The number of hydrogen-bond donors (Lipinski definition) is 0. The molecule has 0 saturated carbocycles. The normalized spacial score (nSPS) is 26.5. The molecule has 0 aliphatic carbocycles. The number of piperazine rings is 1. The van der Waals surface area contributed by atoms with Crippen molar-refractivity contribution >= 4 is 26.0 Å². The number of nitrogens with zero attached hydrogens (tertiary/aromatic N) is 3. The zero-order valence-corrected chi connectivity index (χ0v) is 15.4. The number of hydrogen-bond acceptors (Lipinski definition) is 4. The maximum absolute atomic E-state index is 11.9. The lowest BCUT2D eigenvalue weighted by Crippen LogP contribution is -2.55. The first-order valence-electron chi connectivity index (χ1n) is 7.72. The highest BCUT2D eigenvalue weighted by atomic mass is 79.9. The molecule has 0 aromatic carbocycles. The Kier molecular flexibility index (Phi) is 4.60. The Hall–Kier alpha value is -0.500. The second-order valence-corrected chi connectivity index (χ2v) is 9.03. The van der Waals surface area contributed by atoms with Crippen molar-refractivity contribution < 1.29 is 8.42 Å². The molecule has 2 bridgehead atoms. The Morgan fingerprint density at radius 3 is 2.50 bits per heavy atom. The molecule has 1 aromatic rings. The SMILES string of the molecule is CCc1cc(CN2CC3CCC(C2)N3S(C)(=O)=O)ncc1Br. The van der Waals surface area contributed by atoms with E-state index >= 15 is 0 Å². The van der Waals surface area contributed by atoms with Crippen LogP contribution in [0, 0.1) is 0 Å². The van der Waals surface area contributed by atoms with Gasteiger partial charge in [0, 0.05) is 42.4 Å². The van der Waals surface area contributed by atoms with Crippen LogP contribution in [0.1, 0.15) is 31.0 Å². The Morgan fingerprint density at radius 1 is 1.32 bits per heavy atom. The summed E-state index contributed by atoms with van der Waals surface area (Å²) in [5, 5.41) is 0. The number of pyridine rings is 1. The van der Waals surface area contributed by atoms with Gasteiger partial charge in [-0.05, 0) is 46.8 Å². The van der Waals surface area contributed by atoms with Gasteiger partial charge in [-0.2, -0.15) is 4.31 Å². The third kappa shape index (κ3) is 3.22. The average Bonchev–Trinajstić information content (AvgIpc) is 2.74. The summed E-state index contributed by atoms with van der Waals surface area (Å²) in [4.78, 5) is 6.85. The van der Waals surface area contributed by atoms with Crippen LogP contribution in [0.2, 0.25) is 0 Å². The number of halogens is 1. The van der Waals surface area contributed by atoms with Gasteiger partial charge in [-0.1, -0.05) is 6.92 Å². The summed E-state index contributed by atoms with van der Waals surface area (Å²) < 4.78 is 26.6. The molecule has 2 atom stereocenters. The summed E-state index contributed by atoms with van der Waals surface area (Å²) >= 11 is 3.53. The van der Waals surface area contributed by atoms with E-state index in [0.717, 1.165) is 49.1 Å². The molecule has 2 unspecified atom stereocenters. The van der Waals surface area contributed by atoms with Crippen molar-refractivity contribution in [3.63, 3.8) is 0 Å². The molecular weight excluding hydrogens is 366 g/mol. The standard InChI is InChI=1S/C15H22BrN3O2S/c1-3-11-6-12(17-7-15(11)16)8-18-9-13-4-5-14(10-18)19(13)22(2,20)21/h6-7,13-14H,3-5,8-10H2,1-2H3. The molecule has 3 heterocycles. The van der Waals surface area contributed by atoms with Crippen molar-refractivity contribution in [3.8, 4) is 0 Å². The maximum atomic E-state index is 11.9. The number of rotatable bonds is 4. The van der Waals surface area contributed by atoms with E-state index in [0.29, 0.717) is 0 Å². The molecule has 5 nitrogen and oxygen atoms in total. The van der Waals surface area contributed by atoms with Gasteiger partial charge < -0.3 is 0 Å². The van der Waals surface area contributed by atoms with Crippen LogP contribution >= 0.6 is 15.9 Å². The predicted molar refractivity (Wildman–Crippen MR) is 90.1 cm³/mol. The molecular formula is C15H22BrN3O2S. The quantitative estimate of drug-likeness (QED) is 0.792. The van der Waals surface area contributed by atoms with Crippen molar-refractivity contribution in [2.45, 2.75) is 44.8 Å². The summed E-state index contributed by atoms with van der Waals surface area (Å²) in [7, 11) is -3.09. The molecule has 7 heteroatoms. The van der Waals surface area contributed by atoms with Gasteiger partial charge in [0.15, 0.2) is 0 Å². The van der Waals surface area contributed by atoms with Gasteiger partial charge in [0.1, 0.15) is 0 Å². The zero-order chi connectivity index (χ0) is 15.9. The van der Waals surface area contributed by atoms with Crippen LogP contribution in [-0.4, -0.2) is 54.0 Å². The molecule has 3 rings (SSSR count). The minimum absolute atomic E-state index is 0.134. The van der Waals surface area contributed by atoms with E-state index in [9.17, 15) is 8.42 Å². The molecule has 2 fully saturated rings. The fraction of sp³-hybridized carbons (Fsp3) is 0.667. The summed E-state index contributed by atoms with van der Waals surface area (Å²) in [6.45, 7) is 4.55. The van der Waals surface area contributed by atoms with Crippen molar-refractivity contribution in [2.24, 2.45) is 0 Å². The van der Waals surface area contributed by atoms with E-state index in [2.05, 4.69) is 38.8 Å². The molecule has 122 valence electrons. The van der Waals surface area contributed by atoms with Crippen LogP contribution in [0.5, 0.6) is 0 Å². The van der Waals surface area contributed by atoms with Crippen molar-refractivity contribution in [1.29, 1.82) is 0 Å².